The van der Waals surface area contributed by atoms with Gasteiger partial charge in [0.05, 0.1) is 16.7 Å². The van der Waals surface area contributed by atoms with E-state index in [4.69, 9.17) is 0 Å². The van der Waals surface area contributed by atoms with Crippen molar-refractivity contribution in [1.29, 1.82) is 0 Å². The number of benzene rings is 1. The van der Waals surface area contributed by atoms with Crippen LogP contribution in [0.2, 0.25) is 0 Å². The normalized spacial score (nSPS) is 21.7. The zero-order chi connectivity index (χ0) is 19.0. The van der Waals surface area contributed by atoms with E-state index in [2.05, 4.69) is 22.3 Å². The number of nitrogens with one attached hydrogen (secondary N) is 1. The van der Waals surface area contributed by atoms with Crippen LogP contribution in [0.1, 0.15) is 18.4 Å². The number of hydrogen-bond acceptors (Lipinski definition) is 6. The molecule has 0 bridgehead atoms. The quantitative estimate of drug-likeness (QED) is 0.835. The highest BCUT2D eigenvalue weighted by Crippen LogP contribution is 2.55. The van der Waals surface area contributed by atoms with E-state index in [0.717, 1.165) is 50.8 Å². The zero-order valence-electron chi connectivity index (χ0n) is 15.5. The Kier molecular flexibility index (Phi) is 5.30. The molecule has 0 aromatic heterocycles. The molecule has 4 nitrogen and oxygen atoms in total. The first-order valence-corrected chi connectivity index (χ1v) is 10.7. The minimum atomic E-state index is -0.202. The topological polar surface area (TPSA) is 49.4 Å². The van der Waals surface area contributed by atoms with Gasteiger partial charge in [-0.15, -0.1) is 0 Å². The zero-order valence-corrected chi connectivity index (χ0v) is 17.1. The SMILES string of the molecule is CN(C)CCCC1C(=O)SC2=C1C1=C(C=CNCC1=O)c1ccccc1S2. The maximum atomic E-state index is 13.1. The number of nitrogens with zero attached hydrogens (tertiary/aromatic N) is 1. The summed E-state index contributed by atoms with van der Waals surface area (Å²) in [7, 11) is 4.08. The van der Waals surface area contributed by atoms with Crippen molar-refractivity contribution in [2.24, 2.45) is 5.92 Å². The number of carbonyl (C=O) groups is 2. The molecule has 3 aliphatic heterocycles. The van der Waals surface area contributed by atoms with Gasteiger partial charge >= 0.3 is 0 Å². The van der Waals surface area contributed by atoms with Crippen molar-refractivity contribution in [1.82, 2.24) is 10.2 Å². The van der Waals surface area contributed by atoms with E-state index in [1.165, 1.54) is 11.8 Å². The van der Waals surface area contributed by atoms with Crippen molar-refractivity contribution in [2.45, 2.75) is 17.7 Å². The van der Waals surface area contributed by atoms with Crippen molar-refractivity contribution in [3.8, 4) is 0 Å². The molecule has 27 heavy (non-hydrogen) atoms. The molecule has 1 aromatic rings. The highest BCUT2D eigenvalue weighted by atomic mass is 32.2. The lowest BCUT2D eigenvalue weighted by Gasteiger charge is -2.18. The van der Waals surface area contributed by atoms with Gasteiger partial charge in [-0.3, -0.25) is 9.59 Å². The minimum Gasteiger partial charge on any atom is -0.383 e. The lowest BCUT2D eigenvalue weighted by atomic mass is 9.84. The first kappa shape index (κ1) is 18.6. The Morgan fingerprint density at radius 2 is 2.00 bits per heavy atom. The molecule has 0 radical (unpaired) electrons. The Morgan fingerprint density at radius 3 is 2.81 bits per heavy atom. The molecular formula is C21H22N2O2S2. The Bertz CT molecular complexity index is 899. The highest BCUT2D eigenvalue weighted by Gasteiger charge is 2.41. The fourth-order valence-corrected chi connectivity index (χ4v) is 6.30. The lowest BCUT2D eigenvalue weighted by Crippen LogP contribution is -2.23. The lowest BCUT2D eigenvalue weighted by molar-refractivity contribution is -0.114. The summed E-state index contributed by atoms with van der Waals surface area (Å²) in [6.07, 6.45) is 5.54. The van der Waals surface area contributed by atoms with Gasteiger partial charge in [0.1, 0.15) is 0 Å². The monoisotopic (exact) mass is 398 g/mol. The first-order valence-electron chi connectivity index (χ1n) is 9.12. The van der Waals surface area contributed by atoms with Crippen molar-refractivity contribution >= 4 is 40.0 Å². The molecular weight excluding hydrogens is 376 g/mol. The molecule has 0 saturated heterocycles. The highest BCUT2D eigenvalue weighted by molar-refractivity contribution is 8.30. The minimum absolute atomic E-state index is 0.0627. The van der Waals surface area contributed by atoms with Crippen LogP contribution in [0.4, 0.5) is 0 Å². The molecule has 0 aliphatic carbocycles. The number of fused-ring (bicyclic) bond motifs is 3. The molecule has 1 unspecified atom stereocenters. The van der Waals surface area contributed by atoms with Crippen molar-refractivity contribution in [3.05, 3.63) is 57.5 Å². The average Bonchev–Trinajstić information content (AvgIpc) is 2.77. The van der Waals surface area contributed by atoms with Crippen LogP contribution in [-0.4, -0.2) is 43.0 Å². The van der Waals surface area contributed by atoms with Crippen LogP contribution in [0.15, 0.2) is 56.8 Å². The third kappa shape index (κ3) is 3.53. The van der Waals surface area contributed by atoms with Crippen molar-refractivity contribution < 1.29 is 9.59 Å². The summed E-state index contributed by atoms with van der Waals surface area (Å²) in [5.74, 6) is -0.139. The van der Waals surface area contributed by atoms with Crippen LogP contribution in [-0.2, 0) is 9.59 Å². The van der Waals surface area contributed by atoms with Gasteiger partial charge in [-0.25, -0.2) is 0 Å². The molecule has 0 spiro atoms. The van der Waals surface area contributed by atoms with E-state index in [1.54, 1.807) is 11.8 Å². The predicted octanol–water partition coefficient (Wildman–Crippen LogP) is 3.67. The molecule has 3 heterocycles. The van der Waals surface area contributed by atoms with Crippen molar-refractivity contribution in [3.63, 3.8) is 0 Å². The first-order chi connectivity index (χ1) is 13.1. The molecule has 0 saturated carbocycles. The standard InChI is InChI=1S/C21H22N2O2S2/c1-23(2)11-5-7-15-19-18-14(9-10-22-12-16(18)24)13-6-3-4-8-17(13)26-21(19)27-20(15)25/h3-4,6,8-10,15,22H,5,7,11-12H2,1-2H3. The van der Waals surface area contributed by atoms with Gasteiger partial charge in [-0.1, -0.05) is 30.0 Å². The van der Waals surface area contributed by atoms with E-state index in [-0.39, 0.29) is 23.4 Å². The molecule has 3 aliphatic rings. The van der Waals surface area contributed by atoms with E-state index < -0.39 is 0 Å². The van der Waals surface area contributed by atoms with Gasteiger partial charge in [0.2, 0.25) is 5.12 Å². The second-order valence-electron chi connectivity index (χ2n) is 7.14. The summed E-state index contributed by atoms with van der Waals surface area (Å²) in [6.45, 7) is 1.20. The Labute approximate surface area is 168 Å². The molecule has 4 rings (SSSR count). The Balaban J connectivity index is 1.83. The molecule has 140 valence electrons. The van der Waals surface area contributed by atoms with Crippen molar-refractivity contribution in [2.75, 3.05) is 27.2 Å². The molecule has 1 N–H and O–H groups in total. The maximum Gasteiger partial charge on any atom is 0.201 e. The fraction of sp³-hybridized carbons (Fsp3) is 0.333. The molecule has 1 atom stereocenters. The summed E-state index contributed by atoms with van der Waals surface area (Å²) < 4.78 is 0.982. The van der Waals surface area contributed by atoms with Crippen LogP contribution >= 0.6 is 23.5 Å². The Hall–Kier alpha value is -1.76. The van der Waals surface area contributed by atoms with E-state index in [9.17, 15) is 9.59 Å². The molecule has 0 amide bonds. The van der Waals surface area contributed by atoms with Crippen LogP contribution < -0.4 is 5.32 Å². The largest absolute Gasteiger partial charge is 0.383 e. The van der Waals surface area contributed by atoms with Crippen LogP contribution in [0.25, 0.3) is 5.57 Å². The van der Waals surface area contributed by atoms with Gasteiger partial charge in [0.15, 0.2) is 5.78 Å². The predicted molar refractivity (Wildman–Crippen MR) is 112 cm³/mol. The molecule has 0 fully saturated rings. The summed E-state index contributed by atoms with van der Waals surface area (Å²) in [5.41, 5.74) is 3.70. The van der Waals surface area contributed by atoms with Crippen LogP contribution in [0.5, 0.6) is 0 Å². The number of carbonyl (C=O) groups excluding carboxylic acids is 2. The average molecular weight is 399 g/mol. The van der Waals surface area contributed by atoms with Gasteiger partial charge in [-0.05, 0) is 80.3 Å². The van der Waals surface area contributed by atoms with Gasteiger partial charge in [0, 0.05) is 10.5 Å². The number of ketones is 1. The van der Waals surface area contributed by atoms with E-state index in [0.29, 0.717) is 0 Å². The number of Topliss-reactive ketones (excluding diaryl/α,β-unsaturated/α-hetero) is 1. The summed E-state index contributed by atoms with van der Waals surface area (Å²) in [6, 6.07) is 8.15. The molecule has 1 aromatic carbocycles. The summed E-state index contributed by atoms with van der Waals surface area (Å²) in [4.78, 5) is 29.1. The number of hydrogen-bond donors (Lipinski definition) is 1. The van der Waals surface area contributed by atoms with Gasteiger partial charge < -0.3 is 10.2 Å². The fourth-order valence-electron chi connectivity index (χ4n) is 3.72. The number of rotatable bonds is 4. The summed E-state index contributed by atoms with van der Waals surface area (Å²) >= 11 is 2.95. The molecule has 6 heteroatoms. The van der Waals surface area contributed by atoms with Crippen LogP contribution in [0, 0.1) is 5.92 Å². The van der Waals surface area contributed by atoms with Crippen LogP contribution in [0.3, 0.4) is 0 Å². The second-order valence-corrected chi connectivity index (χ2v) is 9.47. The van der Waals surface area contributed by atoms with E-state index in [1.807, 2.05) is 38.5 Å². The smallest absolute Gasteiger partial charge is 0.201 e. The summed E-state index contributed by atoms with van der Waals surface area (Å²) in [5, 5.41) is 3.24. The van der Waals surface area contributed by atoms with E-state index >= 15 is 0 Å². The third-order valence-corrected chi connectivity index (χ3v) is 7.34. The second kappa shape index (κ2) is 7.70. The third-order valence-electron chi connectivity index (χ3n) is 4.97. The van der Waals surface area contributed by atoms with Gasteiger partial charge in [0.25, 0.3) is 0 Å². The number of thioether (sulfide) groups is 2. The van der Waals surface area contributed by atoms with Gasteiger partial charge in [-0.2, -0.15) is 0 Å². The number of allylic oxidation sites excluding steroid dienone is 3. The Morgan fingerprint density at radius 1 is 1.19 bits per heavy atom. The maximum absolute atomic E-state index is 13.1.